The van der Waals surface area contributed by atoms with Gasteiger partial charge in [-0.2, -0.15) is 0 Å². The van der Waals surface area contributed by atoms with Crippen molar-refractivity contribution >= 4 is 24.7 Å². The maximum absolute atomic E-state index is 12.5. The average molecular weight is 586 g/mol. The number of ether oxygens (including phenoxy) is 1. The summed E-state index contributed by atoms with van der Waals surface area (Å²) in [4.78, 5) is 15.1. The van der Waals surface area contributed by atoms with Crippen LogP contribution < -0.4 is 10.4 Å². The summed E-state index contributed by atoms with van der Waals surface area (Å²) in [6.07, 6.45) is 3.04. The van der Waals surface area contributed by atoms with E-state index in [4.69, 9.17) is 9.16 Å². The third-order valence-electron chi connectivity index (χ3n) is 8.78. The minimum absolute atomic E-state index is 0.0324. The molecule has 1 saturated heterocycles. The van der Waals surface area contributed by atoms with Gasteiger partial charge in [0.15, 0.2) is 0 Å². The van der Waals surface area contributed by atoms with Crippen molar-refractivity contribution in [1.29, 1.82) is 0 Å². The van der Waals surface area contributed by atoms with Crippen molar-refractivity contribution in [3.05, 3.63) is 96.6 Å². The van der Waals surface area contributed by atoms with Gasteiger partial charge in [-0.1, -0.05) is 112 Å². The van der Waals surface area contributed by atoms with Gasteiger partial charge in [0.1, 0.15) is 0 Å². The van der Waals surface area contributed by atoms with Gasteiger partial charge in [0, 0.05) is 19.7 Å². The molecule has 0 aromatic heterocycles. The molecule has 2 atom stereocenters. The molecule has 0 aliphatic carbocycles. The highest BCUT2D eigenvalue weighted by Gasteiger charge is 2.50. The van der Waals surface area contributed by atoms with Crippen molar-refractivity contribution in [1.82, 2.24) is 4.90 Å². The first-order chi connectivity index (χ1) is 20.0. The minimum Gasteiger partial charge on any atom is -0.465 e. The molecule has 3 aromatic rings. The van der Waals surface area contributed by atoms with Crippen molar-refractivity contribution in [3.63, 3.8) is 0 Å². The van der Waals surface area contributed by atoms with Crippen molar-refractivity contribution in [2.75, 3.05) is 26.3 Å². The van der Waals surface area contributed by atoms with Gasteiger partial charge in [0.25, 0.3) is 8.32 Å². The first-order valence-electron chi connectivity index (χ1n) is 15.7. The second-order valence-electron chi connectivity index (χ2n) is 14.0. The standard InChI is InChI=1S/C37H51NO3Si/c1-36(2,3)35(39)40-26-23-32-29-38(28-30-16-10-7-11-17-30)25-22-31(32)24-27-41-42(37(4,5)6,33-18-12-8-13-19-33)34-20-14-9-15-21-34/h7-21,31-32H,22-29H2,1-6H3/t31-,32-/m0/s1. The van der Waals surface area contributed by atoms with E-state index >= 15 is 0 Å². The molecule has 0 bridgehead atoms. The van der Waals surface area contributed by atoms with Gasteiger partial charge in [0.2, 0.25) is 0 Å². The number of esters is 1. The van der Waals surface area contributed by atoms with E-state index in [9.17, 15) is 4.79 Å². The number of likely N-dealkylation sites (tertiary alicyclic amines) is 1. The Morgan fingerprint density at radius 3 is 1.81 bits per heavy atom. The lowest BCUT2D eigenvalue weighted by molar-refractivity contribution is -0.153. The molecule has 226 valence electrons. The Bertz CT molecular complexity index is 1200. The SMILES string of the molecule is CC(C)(C)C(=O)OCC[C@H]1CN(Cc2ccccc2)CC[C@H]1CCO[Si](c1ccccc1)(c1ccccc1)C(C)(C)C. The van der Waals surface area contributed by atoms with Crippen LogP contribution in [0.2, 0.25) is 5.04 Å². The molecule has 1 fully saturated rings. The second-order valence-corrected chi connectivity index (χ2v) is 18.3. The molecule has 0 radical (unpaired) electrons. The largest absolute Gasteiger partial charge is 0.465 e. The number of nitrogens with zero attached hydrogens (tertiary/aromatic N) is 1. The highest BCUT2D eigenvalue weighted by atomic mass is 28.4. The summed E-state index contributed by atoms with van der Waals surface area (Å²) in [5.74, 6) is 0.868. The van der Waals surface area contributed by atoms with Crippen LogP contribution in [0.15, 0.2) is 91.0 Å². The number of hydrogen-bond acceptors (Lipinski definition) is 4. The smallest absolute Gasteiger partial charge is 0.311 e. The monoisotopic (exact) mass is 585 g/mol. The van der Waals surface area contributed by atoms with Crippen molar-refractivity contribution in [3.8, 4) is 0 Å². The van der Waals surface area contributed by atoms with Crippen LogP contribution in [-0.2, 0) is 20.5 Å². The molecule has 0 unspecified atom stereocenters. The fraction of sp³-hybridized carbons (Fsp3) is 0.486. The van der Waals surface area contributed by atoms with Gasteiger partial charge in [0.05, 0.1) is 12.0 Å². The molecule has 3 aromatic carbocycles. The van der Waals surface area contributed by atoms with E-state index in [1.54, 1.807) is 0 Å². The van der Waals surface area contributed by atoms with Gasteiger partial charge in [-0.25, -0.2) is 0 Å². The van der Waals surface area contributed by atoms with E-state index in [1.165, 1.54) is 15.9 Å². The van der Waals surface area contributed by atoms with Crippen LogP contribution in [0.4, 0.5) is 0 Å². The van der Waals surface area contributed by atoms with Crippen LogP contribution in [0.25, 0.3) is 0 Å². The molecule has 5 heteroatoms. The zero-order valence-electron chi connectivity index (χ0n) is 26.6. The summed E-state index contributed by atoms with van der Waals surface area (Å²) in [7, 11) is -2.56. The Balaban J connectivity index is 1.50. The Labute approximate surface area is 255 Å². The van der Waals surface area contributed by atoms with Gasteiger partial charge in [-0.15, -0.1) is 0 Å². The maximum Gasteiger partial charge on any atom is 0.311 e. The van der Waals surface area contributed by atoms with Crippen molar-refractivity contribution in [2.45, 2.75) is 72.4 Å². The third kappa shape index (κ3) is 8.00. The van der Waals surface area contributed by atoms with Crippen LogP contribution in [0, 0.1) is 17.3 Å². The Morgan fingerprint density at radius 2 is 1.29 bits per heavy atom. The number of carbonyl (C=O) groups is 1. The lowest BCUT2D eigenvalue weighted by Gasteiger charge is -2.44. The summed E-state index contributed by atoms with van der Waals surface area (Å²) < 4.78 is 13.0. The summed E-state index contributed by atoms with van der Waals surface area (Å²) in [6.45, 7) is 17.1. The predicted molar refractivity (Wildman–Crippen MR) is 177 cm³/mol. The average Bonchev–Trinajstić information content (AvgIpc) is 2.96. The topological polar surface area (TPSA) is 38.8 Å². The Hall–Kier alpha value is -2.73. The lowest BCUT2D eigenvalue weighted by atomic mass is 9.81. The molecule has 0 saturated carbocycles. The molecule has 0 spiro atoms. The molecule has 1 aliphatic rings. The molecular formula is C37H51NO3Si. The lowest BCUT2D eigenvalue weighted by Crippen LogP contribution is -2.66. The van der Waals surface area contributed by atoms with Crippen molar-refractivity contribution in [2.24, 2.45) is 17.3 Å². The van der Waals surface area contributed by atoms with Crippen molar-refractivity contribution < 1.29 is 14.0 Å². The molecular weight excluding hydrogens is 534 g/mol. The van der Waals surface area contributed by atoms with Gasteiger partial charge in [-0.05, 0) is 79.4 Å². The summed E-state index contributed by atoms with van der Waals surface area (Å²) in [5.41, 5.74) is 0.874. The zero-order chi connectivity index (χ0) is 30.2. The van der Waals surface area contributed by atoms with E-state index in [2.05, 4.69) is 117 Å². The van der Waals surface area contributed by atoms with Crippen LogP contribution >= 0.6 is 0 Å². The van der Waals surface area contributed by atoms with Crippen LogP contribution in [-0.4, -0.2) is 45.5 Å². The van der Waals surface area contributed by atoms with E-state index in [0.29, 0.717) is 18.4 Å². The summed E-state index contributed by atoms with van der Waals surface area (Å²) in [5, 5.41) is 2.62. The number of piperidine rings is 1. The quantitative estimate of drug-likeness (QED) is 0.178. The summed E-state index contributed by atoms with van der Waals surface area (Å²) >= 11 is 0. The predicted octanol–water partition coefficient (Wildman–Crippen LogP) is 7.07. The van der Waals surface area contributed by atoms with Crippen LogP contribution in [0.5, 0.6) is 0 Å². The number of hydrogen-bond donors (Lipinski definition) is 0. The summed E-state index contributed by atoms with van der Waals surface area (Å²) in [6, 6.07) is 32.6. The van der Waals surface area contributed by atoms with Crippen LogP contribution in [0.3, 0.4) is 0 Å². The fourth-order valence-corrected chi connectivity index (χ4v) is 11.1. The Morgan fingerprint density at radius 1 is 0.762 bits per heavy atom. The first-order valence-corrected chi connectivity index (χ1v) is 17.6. The van der Waals surface area contributed by atoms with Crippen LogP contribution in [0.1, 0.15) is 66.4 Å². The van der Waals surface area contributed by atoms with Gasteiger partial charge < -0.3 is 9.16 Å². The first kappa shape index (κ1) is 32.2. The normalized spacial score (nSPS) is 18.5. The number of carbonyl (C=O) groups excluding carboxylic acids is 1. The van der Waals surface area contributed by atoms with E-state index in [0.717, 1.165) is 45.5 Å². The van der Waals surface area contributed by atoms with Gasteiger partial charge >= 0.3 is 5.97 Å². The van der Waals surface area contributed by atoms with E-state index < -0.39 is 13.7 Å². The highest BCUT2D eigenvalue weighted by Crippen LogP contribution is 2.38. The molecule has 0 N–H and O–H groups in total. The number of rotatable bonds is 11. The van der Waals surface area contributed by atoms with Gasteiger partial charge in [-0.3, -0.25) is 9.69 Å². The Kier molecular flexibility index (Phi) is 10.9. The number of benzene rings is 3. The maximum atomic E-state index is 12.5. The third-order valence-corrected chi connectivity index (χ3v) is 13.8. The fourth-order valence-electron chi connectivity index (χ4n) is 6.49. The van der Waals surface area contributed by atoms with E-state index in [1.807, 2.05) is 20.8 Å². The highest BCUT2D eigenvalue weighted by molar-refractivity contribution is 6.99. The molecule has 1 aliphatic heterocycles. The molecule has 0 amide bonds. The zero-order valence-corrected chi connectivity index (χ0v) is 27.6. The molecule has 42 heavy (non-hydrogen) atoms. The molecule has 1 heterocycles. The molecule has 4 nitrogen and oxygen atoms in total. The molecule has 4 rings (SSSR count). The second kappa shape index (κ2) is 14.2. The minimum atomic E-state index is -2.56. The van der Waals surface area contributed by atoms with E-state index in [-0.39, 0.29) is 11.0 Å².